The van der Waals surface area contributed by atoms with E-state index < -0.39 is 0 Å². The molecule has 0 saturated carbocycles. The lowest BCUT2D eigenvalue weighted by Crippen LogP contribution is -2.50. The maximum atomic E-state index is 12.6. The Hall–Kier alpha value is -3.35. The van der Waals surface area contributed by atoms with Gasteiger partial charge >= 0.3 is 6.03 Å². The van der Waals surface area contributed by atoms with Crippen molar-refractivity contribution in [2.45, 2.75) is 20.4 Å². The van der Waals surface area contributed by atoms with Crippen LogP contribution in [0.15, 0.2) is 48.5 Å². The van der Waals surface area contributed by atoms with Gasteiger partial charge in [-0.2, -0.15) is 0 Å². The number of aromatic nitrogens is 2. The molecule has 1 aromatic heterocycles. The summed E-state index contributed by atoms with van der Waals surface area (Å²) in [5.74, 6) is 0.941. The highest BCUT2D eigenvalue weighted by molar-refractivity contribution is 5.96. The van der Waals surface area contributed by atoms with E-state index in [4.69, 9.17) is 4.98 Å². The first-order valence-corrected chi connectivity index (χ1v) is 9.94. The molecule has 7 heteroatoms. The average Bonchev–Trinajstić information content (AvgIpc) is 3.12. The molecule has 1 aliphatic rings. The molecule has 2 heterocycles. The van der Waals surface area contributed by atoms with E-state index in [2.05, 4.69) is 27.8 Å². The molecular formula is C22H25N5O2. The third kappa shape index (κ3) is 3.81. The number of fused-ring (bicyclic) bond motifs is 1. The molecule has 2 amide bonds. The topological polar surface area (TPSA) is 70.5 Å². The lowest BCUT2D eigenvalue weighted by molar-refractivity contribution is 0.101. The molecule has 0 spiro atoms. The number of para-hydroxylation sites is 2. The van der Waals surface area contributed by atoms with Crippen molar-refractivity contribution in [3.63, 3.8) is 0 Å². The molecule has 0 unspecified atom stereocenters. The highest BCUT2D eigenvalue weighted by atomic mass is 16.2. The average molecular weight is 391 g/mol. The van der Waals surface area contributed by atoms with E-state index in [1.165, 1.54) is 6.92 Å². The van der Waals surface area contributed by atoms with Crippen LogP contribution in [0.3, 0.4) is 0 Å². The number of rotatable bonds is 4. The quantitative estimate of drug-likeness (QED) is 0.690. The van der Waals surface area contributed by atoms with E-state index in [0.717, 1.165) is 36.6 Å². The van der Waals surface area contributed by atoms with Crippen LogP contribution in [0, 0.1) is 0 Å². The molecule has 1 saturated heterocycles. The van der Waals surface area contributed by atoms with E-state index in [0.29, 0.717) is 24.3 Å². The molecule has 7 nitrogen and oxygen atoms in total. The van der Waals surface area contributed by atoms with Gasteiger partial charge in [0, 0.05) is 44.0 Å². The molecule has 0 atom stereocenters. The number of nitrogens with one attached hydrogen (secondary N) is 1. The van der Waals surface area contributed by atoms with Gasteiger partial charge in [-0.1, -0.05) is 24.3 Å². The number of carbonyl (C=O) groups is 2. The SMILES string of the molecule is CCn1c(N2CCN(C(=O)Nc3cccc(C(C)=O)c3)CC2)nc2ccccc21. The molecule has 4 rings (SSSR count). The number of urea groups is 1. The van der Waals surface area contributed by atoms with E-state index in [9.17, 15) is 9.59 Å². The van der Waals surface area contributed by atoms with Crippen LogP contribution in [-0.4, -0.2) is 52.4 Å². The summed E-state index contributed by atoms with van der Waals surface area (Å²) in [6.45, 7) is 7.17. The fourth-order valence-electron chi connectivity index (χ4n) is 3.74. The Kier molecular flexibility index (Phi) is 5.20. The minimum Gasteiger partial charge on any atom is -0.339 e. The fourth-order valence-corrected chi connectivity index (χ4v) is 3.74. The first-order valence-electron chi connectivity index (χ1n) is 9.94. The van der Waals surface area contributed by atoms with Crippen molar-refractivity contribution in [2.75, 3.05) is 36.4 Å². The first kappa shape index (κ1) is 19.0. The van der Waals surface area contributed by atoms with Gasteiger partial charge in [-0.15, -0.1) is 0 Å². The number of benzene rings is 2. The Morgan fingerprint density at radius 3 is 2.52 bits per heavy atom. The second-order valence-electron chi connectivity index (χ2n) is 7.19. The van der Waals surface area contributed by atoms with Crippen LogP contribution in [0.2, 0.25) is 0 Å². The number of carbonyl (C=O) groups excluding carboxylic acids is 2. The van der Waals surface area contributed by atoms with Crippen LogP contribution in [-0.2, 0) is 6.54 Å². The molecule has 3 aromatic rings. The van der Waals surface area contributed by atoms with Crippen LogP contribution in [0.25, 0.3) is 11.0 Å². The highest BCUT2D eigenvalue weighted by Gasteiger charge is 2.24. The number of imidazole rings is 1. The second kappa shape index (κ2) is 7.95. The summed E-state index contributed by atoms with van der Waals surface area (Å²) in [5.41, 5.74) is 3.36. The largest absolute Gasteiger partial charge is 0.339 e. The van der Waals surface area contributed by atoms with Gasteiger partial charge < -0.3 is 19.7 Å². The summed E-state index contributed by atoms with van der Waals surface area (Å²) >= 11 is 0. The van der Waals surface area contributed by atoms with Crippen molar-refractivity contribution < 1.29 is 9.59 Å². The van der Waals surface area contributed by atoms with Gasteiger partial charge in [0.1, 0.15) is 0 Å². The van der Waals surface area contributed by atoms with Crippen LogP contribution >= 0.6 is 0 Å². The van der Waals surface area contributed by atoms with Crippen LogP contribution < -0.4 is 10.2 Å². The van der Waals surface area contributed by atoms with Crippen molar-refractivity contribution in [2.24, 2.45) is 0 Å². The summed E-state index contributed by atoms with van der Waals surface area (Å²) < 4.78 is 2.22. The molecule has 1 aliphatic heterocycles. The molecule has 0 aliphatic carbocycles. The molecule has 29 heavy (non-hydrogen) atoms. The zero-order chi connectivity index (χ0) is 20.4. The van der Waals surface area contributed by atoms with Crippen molar-refractivity contribution in [1.29, 1.82) is 0 Å². The van der Waals surface area contributed by atoms with E-state index in [1.807, 2.05) is 18.2 Å². The Morgan fingerprint density at radius 1 is 1.03 bits per heavy atom. The van der Waals surface area contributed by atoms with Gasteiger partial charge in [-0.05, 0) is 38.1 Å². The number of amides is 2. The van der Waals surface area contributed by atoms with Crippen LogP contribution in [0.5, 0.6) is 0 Å². The van der Waals surface area contributed by atoms with Gasteiger partial charge in [0.2, 0.25) is 5.95 Å². The summed E-state index contributed by atoms with van der Waals surface area (Å²) in [5, 5.41) is 2.90. The van der Waals surface area contributed by atoms with Gasteiger partial charge in [0.05, 0.1) is 11.0 Å². The molecule has 1 fully saturated rings. The minimum absolute atomic E-state index is 0.0199. The van der Waals surface area contributed by atoms with E-state index in [1.54, 1.807) is 29.2 Å². The predicted octanol–water partition coefficient (Wildman–Crippen LogP) is 3.61. The van der Waals surface area contributed by atoms with Crippen molar-refractivity contribution in [1.82, 2.24) is 14.5 Å². The number of nitrogens with zero attached hydrogens (tertiary/aromatic N) is 4. The number of ketones is 1. The molecule has 0 radical (unpaired) electrons. The number of hydrogen-bond donors (Lipinski definition) is 1. The van der Waals surface area contributed by atoms with Gasteiger partial charge in [0.15, 0.2) is 5.78 Å². The molecular weight excluding hydrogens is 366 g/mol. The minimum atomic E-state index is -0.144. The standard InChI is InChI=1S/C22H25N5O2/c1-3-27-20-10-5-4-9-19(20)24-21(27)25-11-13-26(14-12-25)22(29)23-18-8-6-7-17(15-18)16(2)28/h4-10,15H,3,11-14H2,1-2H3,(H,23,29). The maximum absolute atomic E-state index is 12.6. The van der Waals surface area contributed by atoms with Gasteiger partial charge in [-0.3, -0.25) is 4.79 Å². The summed E-state index contributed by atoms with van der Waals surface area (Å²) in [6, 6.07) is 15.0. The predicted molar refractivity (Wildman–Crippen MR) is 115 cm³/mol. The lowest BCUT2D eigenvalue weighted by atomic mass is 10.1. The lowest BCUT2D eigenvalue weighted by Gasteiger charge is -2.35. The van der Waals surface area contributed by atoms with Gasteiger partial charge in [-0.25, -0.2) is 9.78 Å². The van der Waals surface area contributed by atoms with Crippen molar-refractivity contribution in [3.8, 4) is 0 Å². The number of piperazine rings is 1. The summed E-state index contributed by atoms with van der Waals surface area (Å²) in [4.78, 5) is 33.0. The smallest absolute Gasteiger partial charge is 0.321 e. The van der Waals surface area contributed by atoms with Crippen LogP contribution in [0.4, 0.5) is 16.4 Å². The number of anilines is 2. The van der Waals surface area contributed by atoms with Crippen molar-refractivity contribution in [3.05, 3.63) is 54.1 Å². The number of aryl methyl sites for hydroxylation is 1. The fraction of sp³-hybridized carbons (Fsp3) is 0.318. The normalized spacial score (nSPS) is 14.3. The Morgan fingerprint density at radius 2 is 1.79 bits per heavy atom. The third-order valence-corrected chi connectivity index (χ3v) is 5.32. The zero-order valence-electron chi connectivity index (χ0n) is 16.8. The third-order valence-electron chi connectivity index (χ3n) is 5.32. The number of Topliss-reactive ketones (excluding diaryl/α,β-unsaturated/α-hetero) is 1. The summed E-state index contributed by atoms with van der Waals surface area (Å²) in [6.07, 6.45) is 0. The van der Waals surface area contributed by atoms with Crippen LogP contribution in [0.1, 0.15) is 24.2 Å². The second-order valence-corrected chi connectivity index (χ2v) is 7.19. The van der Waals surface area contributed by atoms with E-state index in [-0.39, 0.29) is 11.8 Å². The first-order chi connectivity index (χ1) is 14.1. The Bertz CT molecular complexity index is 1050. The summed E-state index contributed by atoms with van der Waals surface area (Å²) in [7, 11) is 0. The van der Waals surface area contributed by atoms with E-state index >= 15 is 0 Å². The molecule has 2 aromatic carbocycles. The monoisotopic (exact) mass is 391 g/mol. The zero-order valence-corrected chi connectivity index (χ0v) is 16.8. The van der Waals surface area contributed by atoms with Crippen molar-refractivity contribution >= 4 is 34.5 Å². The molecule has 0 bridgehead atoms. The Labute approximate surface area is 169 Å². The highest BCUT2D eigenvalue weighted by Crippen LogP contribution is 2.23. The van der Waals surface area contributed by atoms with Gasteiger partial charge in [0.25, 0.3) is 0 Å². The number of hydrogen-bond acceptors (Lipinski definition) is 4. The molecule has 150 valence electrons. The molecule has 1 N–H and O–H groups in total. The maximum Gasteiger partial charge on any atom is 0.321 e. The Balaban J connectivity index is 1.42.